The van der Waals surface area contributed by atoms with Gasteiger partial charge >= 0.3 is 0 Å². The second-order valence-electron chi connectivity index (χ2n) is 4.78. The lowest BCUT2D eigenvalue weighted by Crippen LogP contribution is -2.47. The van der Waals surface area contributed by atoms with Crippen LogP contribution in [0.1, 0.15) is 17.0 Å². The van der Waals surface area contributed by atoms with Crippen molar-refractivity contribution in [3.8, 4) is 0 Å². The summed E-state index contributed by atoms with van der Waals surface area (Å²) in [6.07, 6.45) is 0. The molecule has 0 aliphatic carbocycles. The molecule has 1 fully saturated rings. The molecule has 1 saturated heterocycles. The van der Waals surface area contributed by atoms with Crippen molar-refractivity contribution in [3.63, 3.8) is 0 Å². The highest BCUT2D eigenvalue weighted by molar-refractivity contribution is 5.96. The number of nitrogens with zero attached hydrogens (tertiary/aromatic N) is 3. The van der Waals surface area contributed by atoms with E-state index in [0.29, 0.717) is 5.84 Å². The molecular weight excluding hydrogens is 212 g/mol. The molecule has 4 nitrogen and oxygen atoms in total. The van der Waals surface area contributed by atoms with Gasteiger partial charge in [-0.25, -0.2) is 0 Å². The van der Waals surface area contributed by atoms with Crippen LogP contribution >= 0.6 is 0 Å². The van der Waals surface area contributed by atoms with Gasteiger partial charge in [-0.05, 0) is 33.0 Å². The number of piperazine rings is 1. The molecule has 4 heteroatoms. The van der Waals surface area contributed by atoms with Crippen LogP contribution in [-0.2, 0) is 0 Å². The zero-order valence-corrected chi connectivity index (χ0v) is 10.8. The average molecular weight is 232 g/mol. The summed E-state index contributed by atoms with van der Waals surface area (Å²) in [5.41, 5.74) is 2.96. The van der Waals surface area contributed by atoms with Crippen molar-refractivity contribution in [3.05, 3.63) is 29.1 Å². The monoisotopic (exact) mass is 232 g/mol. The van der Waals surface area contributed by atoms with Gasteiger partial charge in [-0.3, -0.25) is 10.4 Å². The van der Waals surface area contributed by atoms with Gasteiger partial charge in [-0.2, -0.15) is 0 Å². The molecule has 0 spiro atoms. The lowest BCUT2D eigenvalue weighted by Gasteiger charge is -2.34. The highest BCUT2D eigenvalue weighted by Gasteiger charge is 2.17. The largest absolute Gasteiger partial charge is 0.354 e. The maximum absolute atomic E-state index is 8.26. The number of hydrogen-bond acceptors (Lipinski definition) is 3. The van der Waals surface area contributed by atoms with Crippen molar-refractivity contribution in [2.24, 2.45) is 0 Å². The summed E-state index contributed by atoms with van der Waals surface area (Å²) >= 11 is 0. The topological polar surface area (TPSA) is 43.2 Å². The minimum Gasteiger partial charge on any atom is -0.354 e. The number of hydrogen-bond donors (Lipinski definition) is 1. The Morgan fingerprint density at radius 3 is 2.18 bits per heavy atom. The summed E-state index contributed by atoms with van der Waals surface area (Å²) in [6.45, 7) is 7.91. The molecule has 1 aromatic heterocycles. The van der Waals surface area contributed by atoms with Gasteiger partial charge in [0.1, 0.15) is 5.84 Å². The van der Waals surface area contributed by atoms with E-state index in [1.807, 2.05) is 26.0 Å². The number of likely N-dealkylation sites (N-methyl/N-ethyl adjacent to an activating group) is 1. The minimum atomic E-state index is 0.631. The van der Waals surface area contributed by atoms with Crippen LogP contribution in [0.4, 0.5) is 0 Å². The molecule has 0 saturated carbocycles. The molecule has 17 heavy (non-hydrogen) atoms. The molecule has 0 atom stereocenters. The SMILES string of the molecule is Cc1cc(C(=N)N2CCN(C)CC2)cc(C)n1. The van der Waals surface area contributed by atoms with E-state index >= 15 is 0 Å². The van der Waals surface area contributed by atoms with E-state index in [1.54, 1.807) is 0 Å². The lowest BCUT2D eigenvalue weighted by atomic mass is 10.1. The fraction of sp³-hybridized carbons (Fsp3) is 0.538. The predicted octanol–water partition coefficient (Wildman–Crippen LogP) is 1.27. The molecule has 2 rings (SSSR count). The van der Waals surface area contributed by atoms with Crippen LogP contribution in [0.5, 0.6) is 0 Å². The second-order valence-corrected chi connectivity index (χ2v) is 4.78. The Labute approximate surface area is 103 Å². The Kier molecular flexibility index (Phi) is 3.43. The fourth-order valence-corrected chi connectivity index (χ4v) is 2.18. The van der Waals surface area contributed by atoms with E-state index in [-0.39, 0.29) is 0 Å². The Bertz CT molecular complexity index is 399. The number of aryl methyl sites for hydroxylation is 2. The van der Waals surface area contributed by atoms with Gasteiger partial charge in [0.15, 0.2) is 0 Å². The van der Waals surface area contributed by atoms with Crippen molar-refractivity contribution in [1.82, 2.24) is 14.8 Å². The van der Waals surface area contributed by atoms with Crippen LogP contribution in [0.25, 0.3) is 0 Å². The molecule has 0 amide bonds. The third-order valence-electron chi connectivity index (χ3n) is 3.17. The number of pyridine rings is 1. The second kappa shape index (κ2) is 4.84. The molecule has 0 aromatic carbocycles. The number of rotatable bonds is 1. The van der Waals surface area contributed by atoms with Crippen LogP contribution in [0.15, 0.2) is 12.1 Å². The zero-order chi connectivity index (χ0) is 12.4. The molecular formula is C13H20N4. The van der Waals surface area contributed by atoms with E-state index in [2.05, 4.69) is 21.8 Å². The standard InChI is InChI=1S/C13H20N4/c1-10-8-12(9-11(2)15-10)13(14)17-6-4-16(3)5-7-17/h8-9,14H,4-7H2,1-3H3. The van der Waals surface area contributed by atoms with E-state index in [9.17, 15) is 0 Å². The van der Waals surface area contributed by atoms with E-state index in [4.69, 9.17) is 5.41 Å². The van der Waals surface area contributed by atoms with Gasteiger partial charge in [0.2, 0.25) is 0 Å². The van der Waals surface area contributed by atoms with Crippen LogP contribution in [0, 0.1) is 19.3 Å². The van der Waals surface area contributed by atoms with Gasteiger partial charge in [0, 0.05) is 43.1 Å². The molecule has 0 unspecified atom stereocenters. The highest BCUT2D eigenvalue weighted by atomic mass is 15.3. The van der Waals surface area contributed by atoms with E-state index in [0.717, 1.165) is 43.1 Å². The molecule has 1 N–H and O–H groups in total. The van der Waals surface area contributed by atoms with Crippen LogP contribution in [0.3, 0.4) is 0 Å². The summed E-state index contributed by atoms with van der Waals surface area (Å²) in [7, 11) is 2.13. The number of aromatic nitrogens is 1. The normalized spacial score (nSPS) is 17.2. The van der Waals surface area contributed by atoms with Crippen molar-refractivity contribution < 1.29 is 0 Å². The highest BCUT2D eigenvalue weighted by Crippen LogP contribution is 2.10. The predicted molar refractivity (Wildman–Crippen MR) is 69.6 cm³/mol. The maximum Gasteiger partial charge on any atom is 0.128 e. The number of nitrogens with one attached hydrogen (secondary N) is 1. The van der Waals surface area contributed by atoms with Crippen molar-refractivity contribution in [2.75, 3.05) is 33.2 Å². The Balaban J connectivity index is 2.14. The first-order valence-electron chi connectivity index (χ1n) is 6.04. The van der Waals surface area contributed by atoms with Gasteiger partial charge in [0.25, 0.3) is 0 Å². The number of amidine groups is 1. The van der Waals surface area contributed by atoms with Crippen molar-refractivity contribution in [2.45, 2.75) is 13.8 Å². The maximum atomic E-state index is 8.26. The lowest BCUT2D eigenvalue weighted by molar-refractivity contribution is 0.215. The molecule has 1 aromatic rings. The molecule has 1 aliphatic heterocycles. The average Bonchev–Trinajstić information content (AvgIpc) is 2.28. The van der Waals surface area contributed by atoms with Crippen LogP contribution in [0.2, 0.25) is 0 Å². The Morgan fingerprint density at radius 2 is 1.65 bits per heavy atom. The third kappa shape index (κ3) is 2.82. The van der Waals surface area contributed by atoms with Gasteiger partial charge in [0.05, 0.1) is 0 Å². The third-order valence-corrected chi connectivity index (χ3v) is 3.17. The minimum absolute atomic E-state index is 0.631. The molecule has 1 aliphatic rings. The summed E-state index contributed by atoms with van der Waals surface area (Å²) in [4.78, 5) is 8.80. The Morgan fingerprint density at radius 1 is 1.12 bits per heavy atom. The molecule has 0 radical (unpaired) electrons. The smallest absolute Gasteiger partial charge is 0.128 e. The summed E-state index contributed by atoms with van der Waals surface area (Å²) in [5.74, 6) is 0.631. The van der Waals surface area contributed by atoms with Gasteiger partial charge < -0.3 is 9.80 Å². The first-order chi connectivity index (χ1) is 8.06. The zero-order valence-electron chi connectivity index (χ0n) is 10.8. The summed E-state index contributed by atoms with van der Waals surface area (Å²) in [5, 5.41) is 8.26. The van der Waals surface area contributed by atoms with Crippen molar-refractivity contribution >= 4 is 5.84 Å². The van der Waals surface area contributed by atoms with Gasteiger partial charge in [-0.1, -0.05) is 0 Å². The van der Waals surface area contributed by atoms with Crippen molar-refractivity contribution in [1.29, 1.82) is 5.41 Å². The molecule has 0 bridgehead atoms. The molecule has 92 valence electrons. The fourth-order valence-electron chi connectivity index (χ4n) is 2.18. The first kappa shape index (κ1) is 12.0. The summed E-state index contributed by atoms with van der Waals surface area (Å²) < 4.78 is 0. The summed E-state index contributed by atoms with van der Waals surface area (Å²) in [6, 6.07) is 3.99. The Hall–Kier alpha value is -1.42. The van der Waals surface area contributed by atoms with Crippen LogP contribution in [-0.4, -0.2) is 53.8 Å². The van der Waals surface area contributed by atoms with Crippen LogP contribution < -0.4 is 0 Å². The first-order valence-corrected chi connectivity index (χ1v) is 6.04. The van der Waals surface area contributed by atoms with E-state index < -0.39 is 0 Å². The van der Waals surface area contributed by atoms with Gasteiger partial charge in [-0.15, -0.1) is 0 Å². The quantitative estimate of drug-likeness (QED) is 0.586. The van der Waals surface area contributed by atoms with E-state index in [1.165, 1.54) is 0 Å². The molecule has 2 heterocycles.